The Morgan fingerprint density at radius 1 is 0.975 bits per heavy atom. The fourth-order valence-electron chi connectivity index (χ4n) is 4.45. The van der Waals surface area contributed by atoms with E-state index in [0.29, 0.717) is 27.8 Å². The fraction of sp³-hybridized carbons (Fsp3) is 0.172. The van der Waals surface area contributed by atoms with Crippen LogP contribution in [-0.4, -0.2) is 37.5 Å². The quantitative estimate of drug-likeness (QED) is 0.223. The Morgan fingerprint density at radius 3 is 2.40 bits per heavy atom. The second-order valence-corrected chi connectivity index (χ2v) is 12.8. The summed E-state index contributed by atoms with van der Waals surface area (Å²) in [5, 5.41) is 13.4. The predicted molar refractivity (Wildman–Crippen MR) is 153 cm³/mol. The lowest BCUT2D eigenvalue weighted by atomic mass is 10.1. The molecule has 1 fully saturated rings. The zero-order valence-corrected chi connectivity index (χ0v) is 23.4. The van der Waals surface area contributed by atoms with Gasteiger partial charge < -0.3 is 15.2 Å². The monoisotopic (exact) mass is 596 g/mol. The Balaban J connectivity index is 1.28. The van der Waals surface area contributed by atoms with E-state index in [1.54, 1.807) is 54.6 Å². The van der Waals surface area contributed by atoms with Gasteiger partial charge in [0.15, 0.2) is 6.61 Å². The van der Waals surface area contributed by atoms with E-state index in [4.69, 9.17) is 16.3 Å². The molecule has 1 aliphatic carbocycles. The highest BCUT2D eigenvalue weighted by molar-refractivity contribution is 7.91. The van der Waals surface area contributed by atoms with Crippen LogP contribution in [0.25, 0.3) is 10.4 Å². The maximum absolute atomic E-state index is 13.3. The van der Waals surface area contributed by atoms with Gasteiger partial charge in [0.05, 0.1) is 0 Å². The van der Waals surface area contributed by atoms with Crippen molar-refractivity contribution >= 4 is 44.8 Å². The lowest BCUT2D eigenvalue weighted by molar-refractivity contribution is -0.140. The molecular formula is C29H25ClN2O6S2. The normalized spacial score (nSPS) is 18.2. The lowest BCUT2D eigenvalue weighted by Gasteiger charge is -2.17. The van der Waals surface area contributed by atoms with Crippen LogP contribution in [0.1, 0.15) is 23.5 Å². The van der Waals surface area contributed by atoms with Crippen LogP contribution in [0.5, 0.6) is 5.75 Å². The number of rotatable bonds is 11. The van der Waals surface area contributed by atoms with Crippen LogP contribution in [0.2, 0.25) is 5.02 Å². The van der Waals surface area contributed by atoms with Gasteiger partial charge in [-0.05, 0) is 53.4 Å². The van der Waals surface area contributed by atoms with E-state index >= 15 is 0 Å². The number of carbonyl (C=O) groups excluding carboxylic acids is 1. The van der Waals surface area contributed by atoms with Crippen LogP contribution in [0.4, 0.5) is 0 Å². The lowest BCUT2D eigenvalue weighted by Crippen LogP contribution is -2.44. The van der Waals surface area contributed by atoms with E-state index < -0.39 is 27.4 Å². The third-order valence-corrected chi connectivity index (χ3v) is 10.0. The molecule has 11 heteroatoms. The van der Waals surface area contributed by atoms with Gasteiger partial charge in [-0.15, -0.1) is 11.3 Å². The van der Waals surface area contributed by atoms with Gasteiger partial charge in [-0.2, -0.15) is 4.72 Å². The molecule has 0 aliphatic heterocycles. The van der Waals surface area contributed by atoms with Crippen LogP contribution in [0.15, 0.2) is 95.2 Å². The van der Waals surface area contributed by atoms with Crippen molar-refractivity contribution in [2.45, 2.75) is 28.6 Å². The fourth-order valence-corrected chi connectivity index (χ4v) is 7.29. The van der Waals surface area contributed by atoms with Crippen molar-refractivity contribution in [1.29, 1.82) is 0 Å². The molecule has 0 radical (unpaired) electrons. The van der Waals surface area contributed by atoms with Gasteiger partial charge in [-0.1, -0.05) is 72.3 Å². The minimum atomic E-state index is -4.15. The number of benzene rings is 3. The summed E-state index contributed by atoms with van der Waals surface area (Å²) in [7, 11) is -4.15. The first-order valence-corrected chi connectivity index (χ1v) is 15.0. The molecular weight excluding hydrogens is 572 g/mol. The molecule has 2 unspecified atom stereocenters. The van der Waals surface area contributed by atoms with E-state index in [-0.39, 0.29) is 23.1 Å². The largest absolute Gasteiger partial charge is 0.483 e. The number of para-hydroxylation sites is 1. The van der Waals surface area contributed by atoms with E-state index in [1.807, 2.05) is 30.3 Å². The first-order valence-electron chi connectivity index (χ1n) is 12.3. The number of carbonyl (C=O) groups is 2. The molecule has 3 aromatic carbocycles. The number of amides is 1. The SMILES string of the molecule is O=C(COc1ccccc1C1CC1(NS(=O)(=O)c1ccc(-c2ccc(Cl)cc2)s1)C(=O)O)NCc1ccccc1. The summed E-state index contributed by atoms with van der Waals surface area (Å²) in [6.07, 6.45) is 0.0392. The van der Waals surface area contributed by atoms with Gasteiger partial charge in [0.1, 0.15) is 15.5 Å². The summed E-state index contributed by atoms with van der Waals surface area (Å²) < 4.78 is 34.8. The number of nitrogens with one attached hydrogen (secondary N) is 2. The summed E-state index contributed by atoms with van der Waals surface area (Å²) >= 11 is 6.98. The second-order valence-electron chi connectivity index (χ2n) is 9.35. The summed E-state index contributed by atoms with van der Waals surface area (Å²) in [5.41, 5.74) is 0.514. The van der Waals surface area contributed by atoms with E-state index in [1.165, 1.54) is 6.07 Å². The number of thiophene rings is 1. The highest BCUT2D eigenvalue weighted by Gasteiger charge is 2.64. The van der Waals surface area contributed by atoms with Crippen molar-refractivity contribution < 1.29 is 27.9 Å². The Labute approximate surface area is 240 Å². The van der Waals surface area contributed by atoms with Gasteiger partial charge in [-0.25, -0.2) is 8.42 Å². The number of hydrogen-bond acceptors (Lipinski definition) is 6. The first kappa shape index (κ1) is 27.9. The average molecular weight is 597 g/mol. The topological polar surface area (TPSA) is 122 Å². The van der Waals surface area contributed by atoms with Crippen LogP contribution < -0.4 is 14.8 Å². The highest BCUT2D eigenvalue weighted by Crippen LogP contribution is 2.55. The second kappa shape index (κ2) is 11.4. The third kappa shape index (κ3) is 6.05. The molecule has 0 bridgehead atoms. The van der Waals surface area contributed by atoms with Crippen LogP contribution in [-0.2, 0) is 26.2 Å². The predicted octanol–water partition coefficient (Wildman–Crippen LogP) is 5.05. The first-order chi connectivity index (χ1) is 19.2. The van der Waals surface area contributed by atoms with Crippen molar-refractivity contribution in [3.05, 3.63) is 107 Å². The van der Waals surface area contributed by atoms with Crippen LogP contribution in [0.3, 0.4) is 0 Å². The molecule has 5 rings (SSSR count). The zero-order chi connectivity index (χ0) is 28.3. The molecule has 1 heterocycles. The molecule has 4 aromatic rings. The van der Waals surface area contributed by atoms with Gasteiger partial charge in [0.25, 0.3) is 15.9 Å². The number of halogens is 1. The van der Waals surface area contributed by atoms with Crippen LogP contribution in [0, 0.1) is 0 Å². The third-order valence-electron chi connectivity index (χ3n) is 6.62. The van der Waals surface area contributed by atoms with Crippen molar-refractivity contribution in [3.63, 3.8) is 0 Å². The van der Waals surface area contributed by atoms with E-state index in [9.17, 15) is 23.1 Å². The number of carboxylic acid groups (broad SMARTS) is 1. The smallest absolute Gasteiger partial charge is 0.325 e. The minimum absolute atomic E-state index is 0.00310. The van der Waals surface area contributed by atoms with Crippen molar-refractivity contribution in [2.75, 3.05) is 6.61 Å². The Kier molecular flexibility index (Phi) is 7.95. The maximum Gasteiger partial charge on any atom is 0.325 e. The zero-order valence-electron chi connectivity index (χ0n) is 21.0. The molecule has 1 aromatic heterocycles. The molecule has 2 atom stereocenters. The van der Waals surface area contributed by atoms with Gasteiger partial charge in [0.2, 0.25) is 0 Å². The number of carboxylic acids is 1. The summed E-state index contributed by atoms with van der Waals surface area (Å²) in [4.78, 5) is 25.5. The van der Waals surface area contributed by atoms with Crippen molar-refractivity contribution in [3.8, 4) is 16.2 Å². The molecule has 1 saturated carbocycles. The van der Waals surface area contributed by atoms with Gasteiger partial charge >= 0.3 is 5.97 Å². The molecule has 0 spiro atoms. The number of sulfonamides is 1. The Bertz CT molecular complexity index is 1640. The molecule has 8 nitrogen and oxygen atoms in total. The molecule has 3 N–H and O–H groups in total. The molecule has 1 amide bonds. The molecule has 40 heavy (non-hydrogen) atoms. The molecule has 206 valence electrons. The summed E-state index contributed by atoms with van der Waals surface area (Å²) in [5.74, 6) is -1.98. The number of hydrogen-bond donors (Lipinski definition) is 3. The maximum atomic E-state index is 13.3. The van der Waals surface area contributed by atoms with E-state index in [0.717, 1.165) is 22.5 Å². The standard InChI is InChI=1S/C29H25ClN2O6S2/c30-21-12-10-20(11-13-21)25-14-15-27(39-25)40(36,37)32-29(28(34)35)16-23(29)22-8-4-5-9-24(22)38-18-26(33)31-17-19-6-2-1-3-7-19/h1-15,23,32H,16-18H2,(H,31,33)(H,34,35). The minimum Gasteiger partial charge on any atom is -0.483 e. The number of aliphatic carboxylic acids is 1. The molecule has 1 aliphatic rings. The van der Waals surface area contributed by atoms with Gasteiger partial charge in [0, 0.05) is 22.4 Å². The van der Waals surface area contributed by atoms with Gasteiger partial charge in [-0.3, -0.25) is 9.59 Å². The summed E-state index contributed by atoms with van der Waals surface area (Å²) in [6.45, 7) is 0.0741. The highest BCUT2D eigenvalue weighted by atomic mass is 35.5. The van der Waals surface area contributed by atoms with Crippen molar-refractivity contribution in [1.82, 2.24) is 10.0 Å². The van der Waals surface area contributed by atoms with Crippen LogP contribution >= 0.6 is 22.9 Å². The summed E-state index contributed by atoms with van der Waals surface area (Å²) in [6, 6.07) is 26.3. The Morgan fingerprint density at radius 2 is 1.68 bits per heavy atom. The Hall–Kier alpha value is -3.70. The average Bonchev–Trinajstić information content (AvgIpc) is 3.43. The number of ether oxygens (including phenoxy) is 1. The van der Waals surface area contributed by atoms with E-state index in [2.05, 4.69) is 10.0 Å². The van der Waals surface area contributed by atoms with Crippen molar-refractivity contribution in [2.24, 2.45) is 0 Å². The molecule has 0 saturated heterocycles.